The number of nitrogens with one attached hydrogen (secondary N) is 2. The number of tetrazole rings is 1. The Morgan fingerprint density at radius 2 is 2.05 bits per heavy atom. The molecule has 0 saturated carbocycles. The van der Waals surface area contributed by atoms with Gasteiger partial charge in [-0.1, -0.05) is 16.9 Å². The van der Waals surface area contributed by atoms with Gasteiger partial charge in [0.15, 0.2) is 16.9 Å². The predicted molar refractivity (Wildman–Crippen MR) is 145 cm³/mol. The number of nitrogen functional groups attached to an aromatic ring is 2. The molecule has 0 bridgehead atoms. The molecular weight excluding hydrogens is 618 g/mol. The van der Waals surface area contributed by atoms with Crippen molar-refractivity contribution in [1.29, 1.82) is 0 Å². The Morgan fingerprint density at radius 3 is 2.69 bits per heavy atom. The number of carboxylic acids is 1. The van der Waals surface area contributed by atoms with Gasteiger partial charge in [0.1, 0.15) is 22.8 Å². The number of amides is 3. The van der Waals surface area contributed by atoms with E-state index < -0.39 is 58.0 Å². The number of anilines is 1. The van der Waals surface area contributed by atoms with Gasteiger partial charge in [0.2, 0.25) is 16.5 Å². The summed E-state index contributed by atoms with van der Waals surface area (Å²) in [5.41, 5.74) is 4.32. The summed E-state index contributed by atoms with van der Waals surface area (Å²) in [7, 11) is 0. The molecule has 0 radical (unpaired) electrons. The average molecular weight is 638 g/mol. The smallest absolute Gasteiger partial charge is 0.352 e. The number of aromatic nitrogens is 6. The molecule has 0 aliphatic carbocycles. The van der Waals surface area contributed by atoms with Crippen LogP contribution in [0.2, 0.25) is 0 Å². The number of hydrogen-bond acceptors (Lipinski definition) is 16. The zero-order valence-corrected chi connectivity index (χ0v) is 23.2. The van der Waals surface area contributed by atoms with Gasteiger partial charge in [0, 0.05) is 23.0 Å². The Hall–Kier alpha value is -4.83. The zero-order valence-electron chi connectivity index (χ0n) is 20.8. The second-order valence-corrected chi connectivity index (χ2v) is 11.6. The lowest BCUT2D eigenvalue weighted by Gasteiger charge is -2.49. The fourth-order valence-electron chi connectivity index (χ4n) is 4.06. The number of pyridine rings is 1. The molecule has 5 rings (SSSR count). The number of aliphatic carboxylic acids is 1. The van der Waals surface area contributed by atoms with Gasteiger partial charge in [-0.25, -0.2) is 9.78 Å². The molecule has 3 aromatic heterocycles. The number of thiazole rings is 1. The average Bonchev–Trinajstić information content (AvgIpc) is 3.57. The van der Waals surface area contributed by atoms with E-state index in [4.69, 9.17) is 11.6 Å². The summed E-state index contributed by atoms with van der Waals surface area (Å²) in [5, 5.41) is 45.7. The number of carbonyl (C=O) groups excluding carboxylic acids is 3. The molecule has 3 aromatic rings. The van der Waals surface area contributed by atoms with Crippen LogP contribution >= 0.6 is 34.9 Å². The van der Waals surface area contributed by atoms with Crippen LogP contribution in [0.15, 0.2) is 38.9 Å². The number of rotatable bonds is 9. The molecule has 2 aliphatic heterocycles. The Bertz CT molecular complexity index is 1700. The maximum Gasteiger partial charge on any atom is 0.352 e. The first-order valence-corrected chi connectivity index (χ1v) is 14.4. The summed E-state index contributed by atoms with van der Waals surface area (Å²) < 4.78 is 0.200. The second-order valence-electron chi connectivity index (χ2n) is 8.62. The summed E-state index contributed by atoms with van der Waals surface area (Å²) in [6.07, 6.45) is 0.604. The van der Waals surface area contributed by atoms with Crippen LogP contribution in [0.3, 0.4) is 0 Å². The first kappa shape index (κ1) is 28.7. The Balaban J connectivity index is 1.34. The third-order valence-corrected chi connectivity index (χ3v) is 9.05. The van der Waals surface area contributed by atoms with Crippen LogP contribution < -0.4 is 27.6 Å². The van der Waals surface area contributed by atoms with Gasteiger partial charge in [-0.15, -0.1) is 27.9 Å². The van der Waals surface area contributed by atoms with Crippen molar-refractivity contribution in [3.8, 4) is 5.75 Å². The molecule has 3 atom stereocenters. The molecule has 22 heteroatoms. The van der Waals surface area contributed by atoms with Crippen molar-refractivity contribution in [3.05, 3.63) is 50.5 Å². The first-order chi connectivity index (χ1) is 20.0. The van der Waals surface area contributed by atoms with Gasteiger partial charge in [0.05, 0.1) is 11.9 Å². The molecule has 3 amide bonds. The number of nitrogens with zero attached hydrogens (tertiary/aromatic N) is 7. The van der Waals surface area contributed by atoms with Crippen molar-refractivity contribution < 1.29 is 34.6 Å². The lowest BCUT2D eigenvalue weighted by atomic mass is 10.0. The molecule has 1 saturated heterocycles. The third-order valence-electron chi connectivity index (χ3n) is 6.00. The van der Waals surface area contributed by atoms with E-state index in [2.05, 4.69) is 31.1 Å². The topological polar surface area (TPSA) is 287 Å². The number of β-lactam (4-membered cyclic amide) rings is 1. The molecular formula is C20H19N11O8S3. The zero-order chi connectivity index (χ0) is 30.3. The van der Waals surface area contributed by atoms with Crippen LogP contribution in [0, 0.1) is 0 Å². The quantitative estimate of drug-likeness (QED) is 0.0554. The molecule has 42 heavy (non-hydrogen) atoms. The number of thioether (sulfide) groups is 2. The van der Waals surface area contributed by atoms with Crippen molar-refractivity contribution in [2.24, 2.45) is 0 Å². The van der Waals surface area contributed by atoms with Gasteiger partial charge in [-0.05, 0) is 16.0 Å². The molecule has 1 unspecified atom stereocenters. The summed E-state index contributed by atoms with van der Waals surface area (Å²) >= 11 is 3.27. The summed E-state index contributed by atoms with van der Waals surface area (Å²) in [4.78, 5) is 69.3. The summed E-state index contributed by atoms with van der Waals surface area (Å²) in [6, 6.07) is -2.03. The van der Waals surface area contributed by atoms with Gasteiger partial charge >= 0.3 is 5.97 Å². The van der Waals surface area contributed by atoms with E-state index in [1.165, 1.54) is 17.1 Å². The van der Waals surface area contributed by atoms with Crippen molar-refractivity contribution in [1.82, 2.24) is 45.6 Å². The monoisotopic (exact) mass is 637 g/mol. The minimum Gasteiger partial charge on any atom is -0.503 e. The maximum absolute atomic E-state index is 13.4. The molecule has 0 aromatic carbocycles. The molecule has 19 nitrogen and oxygen atoms in total. The number of fused-ring (bicyclic) bond motifs is 1. The predicted octanol–water partition coefficient (Wildman–Crippen LogP) is -2.47. The minimum atomic E-state index is -1.53. The molecule has 9 N–H and O–H groups in total. The van der Waals surface area contributed by atoms with Crippen LogP contribution in [0.1, 0.15) is 22.2 Å². The number of nitrogens with two attached hydrogens (primary N) is 2. The van der Waals surface area contributed by atoms with E-state index >= 15 is 0 Å². The van der Waals surface area contributed by atoms with Crippen molar-refractivity contribution in [3.63, 3.8) is 0 Å². The van der Waals surface area contributed by atoms with Gasteiger partial charge in [-0.3, -0.25) is 24.1 Å². The SMILES string of the molecule is Nc1nc(C(NC(=O)c2cc(=O)c(O)cn2O)C(=O)N[C@@H]2C(=O)N3C(C(=O)O)=C(CSc4nnnn4N)CS[C@H]23)cs1. The van der Waals surface area contributed by atoms with E-state index in [1.54, 1.807) is 0 Å². The van der Waals surface area contributed by atoms with Crippen LogP contribution in [-0.2, 0) is 14.4 Å². The molecule has 220 valence electrons. The maximum atomic E-state index is 13.4. The minimum absolute atomic E-state index is 0.00145. The Labute approximate surface area is 245 Å². The van der Waals surface area contributed by atoms with Gasteiger partial charge in [0.25, 0.3) is 11.8 Å². The molecule has 2 aliphatic rings. The fourth-order valence-corrected chi connectivity index (χ4v) is 6.93. The highest BCUT2D eigenvalue weighted by Gasteiger charge is 2.54. The standard InChI is InChI=1S/C20H19N11O8S3/c21-19-23-7(5-41-19)11(24-14(34)8-1-9(32)10(33)2-29(8)39)15(35)25-12-16(36)30-13(18(37)38)6(3-40-17(12)30)4-42-20-26-27-28-31(20)22/h1-2,5,11-12,17,33,39H,3-4,22H2,(H2,21,23)(H,24,34)(H,25,35)(H,37,38)/t11?,12-,17-/m1/s1. The number of carbonyl (C=O) groups is 4. The lowest BCUT2D eigenvalue weighted by molar-refractivity contribution is -0.151. The first-order valence-electron chi connectivity index (χ1n) is 11.5. The van der Waals surface area contributed by atoms with E-state index in [1.807, 2.05) is 0 Å². The van der Waals surface area contributed by atoms with Gasteiger partial charge < -0.3 is 37.6 Å². The molecule has 5 heterocycles. The number of hydrogen-bond donors (Lipinski definition) is 7. The fraction of sp³-hybridized carbons (Fsp3) is 0.250. The van der Waals surface area contributed by atoms with E-state index in [-0.39, 0.29) is 37.9 Å². The highest BCUT2D eigenvalue weighted by Crippen LogP contribution is 2.41. The highest BCUT2D eigenvalue weighted by molar-refractivity contribution is 8.01. The number of aromatic hydroxyl groups is 1. The largest absolute Gasteiger partial charge is 0.503 e. The lowest BCUT2D eigenvalue weighted by Crippen LogP contribution is -2.71. The van der Waals surface area contributed by atoms with E-state index in [9.17, 15) is 39.4 Å². The van der Waals surface area contributed by atoms with Crippen molar-refractivity contribution >= 4 is 63.7 Å². The second kappa shape index (κ2) is 11.2. The van der Waals surface area contributed by atoms with E-state index in [0.717, 1.165) is 32.8 Å². The molecule has 1 fully saturated rings. The summed E-state index contributed by atoms with van der Waals surface area (Å²) in [6.45, 7) is 0. The van der Waals surface area contributed by atoms with E-state index in [0.29, 0.717) is 17.8 Å². The Kier molecular flexibility index (Phi) is 7.66. The number of carboxylic acid groups (broad SMARTS) is 1. The highest BCUT2D eigenvalue weighted by atomic mass is 32.2. The molecule has 0 spiro atoms. The van der Waals surface area contributed by atoms with Crippen LogP contribution in [0.5, 0.6) is 5.75 Å². The van der Waals surface area contributed by atoms with Crippen molar-refractivity contribution in [2.75, 3.05) is 23.1 Å². The third kappa shape index (κ3) is 5.28. The summed E-state index contributed by atoms with van der Waals surface area (Å²) in [5.74, 6) is 1.10. The van der Waals surface area contributed by atoms with Crippen LogP contribution in [-0.4, -0.2) is 97.0 Å². The van der Waals surface area contributed by atoms with Crippen molar-refractivity contribution in [2.45, 2.75) is 22.6 Å². The normalized spacial score (nSPS) is 18.7. The Morgan fingerprint density at radius 1 is 1.29 bits per heavy atom. The van der Waals surface area contributed by atoms with Gasteiger partial charge in [-0.2, -0.15) is 4.73 Å². The van der Waals surface area contributed by atoms with Crippen LogP contribution in [0.4, 0.5) is 5.13 Å². The van der Waals surface area contributed by atoms with Crippen LogP contribution in [0.25, 0.3) is 0 Å².